The number of hydrogen-bond acceptors (Lipinski definition) is 1. The molecule has 0 amide bonds. The molecule has 0 N–H and O–H groups in total. The lowest BCUT2D eigenvalue weighted by molar-refractivity contribution is -0.237. The number of rotatable bonds is 2. The Morgan fingerprint density at radius 2 is 1.27 bits per heavy atom. The maximum atomic E-state index is 11.5. The summed E-state index contributed by atoms with van der Waals surface area (Å²) in [6.45, 7) is 0. The molecule has 0 bridgehead atoms. The quantitative estimate of drug-likeness (QED) is 0.618. The Hall–Kier alpha value is -0.140. The fourth-order valence-corrected chi connectivity index (χ4v) is 0.464. The zero-order valence-corrected chi connectivity index (χ0v) is 5.37. The molecule has 67 valence electrons. The van der Waals surface area contributed by atoms with Crippen molar-refractivity contribution >= 4 is 11.8 Å². The van der Waals surface area contributed by atoms with Gasteiger partial charge < -0.3 is 0 Å². The zero-order valence-electron chi connectivity index (χ0n) is 4.55. The van der Waals surface area contributed by atoms with Gasteiger partial charge in [0.05, 0.1) is 0 Å². The van der Waals surface area contributed by atoms with Gasteiger partial charge in [0.25, 0.3) is 0 Å². The molecule has 0 aliphatic carbocycles. The molecule has 0 spiro atoms. The van der Waals surface area contributed by atoms with Crippen LogP contribution in [0.5, 0.6) is 0 Å². The fourth-order valence-electron chi connectivity index (χ4n) is 0.155. The topological polar surface area (TPSA) is 0 Å². The van der Waals surface area contributed by atoms with Crippen LogP contribution < -0.4 is 0 Å². The molecule has 0 aromatic rings. The number of alkyl halides is 5. The first-order valence-electron chi connectivity index (χ1n) is 1.98. The van der Waals surface area contributed by atoms with Gasteiger partial charge in [-0.15, -0.1) is 0 Å². The van der Waals surface area contributed by atoms with Crippen LogP contribution in [-0.2, 0) is 0 Å². The van der Waals surface area contributed by atoms with Crippen molar-refractivity contribution < 1.29 is 30.7 Å². The van der Waals surface area contributed by atoms with Gasteiger partial charge in [-0.3, -0.25) is 0 Å². The Labute approximate surface area is 60.8 Å². The molecular weight excluding hydrogens is 201 g/mol. The lowest BCUT2D eigenvalue weighted by atomic mass is 10.7. The molecule has 11 heavy (non-hydrogen) atoms. The van der Waals surface area contributed by atoms with Crippen LogP contribution in [0.1, 0.15) is 0 Å². The van der Waals surface area contributed by atoms with Gasteiger partial charge in [-0.25, -0.2) is 0 Å². The molecule has 0 nitrogen and oxygen atoms in total. The molecule has 0 atom stereocenters. The highest BCUT2D eigenvalue weighted by Gasteiger charge is 2.60. The van der Waals surface area contributed by atoms with Crippen molar-refractivity contribution in [2.75, 3.05) is 0 Å². The lowest BCUT2D eigenvalue weighted by Crippen LogP contribution is -2.32. The van der Waals surface area contributed by atoms with Crippen LogP contribution in [-0.4, -0.2) is 11.4 Å². The molecule has 8 heteroatoms. The van der Waals surface area contributed by atoms with Crippen LogP contribution in [0.4, 0.5) is 30.7 Å². The summed E-state index contributed by atoms with van der Waals surface area (Å²) in [5.41, 5.74) is 0. The molecule has 0 rings (SSSR count). The second-order valence-electron chi connectivity index (χ2n) is 1.34. The first kappa shape index (κ1) is 10.9. The third-order valence-electron chi connectivity index (χ3n) is 0.535. The molecule has 0 fully saturated rings. The van der Waals surface area contributed by atoms with Crippen LogP contribution in [0.3, 0.4) is 0 Å². The summed E-state index contributed by atoms with van der Waals surface area (Å²) >= 11 is -1.81. The Bertz CT molecular complexity index is 126. The van der Waals surface area contributed by atoms with Gasteiger partial charge in [0.1, 0.15) is 0 Å². The average Bonchev–Trinajstić information content (AvgIpc) is 1.56. The van der Waals surface area contributed by atoms with E-state index in [2.05, 4.69) is 0 Å². The second-order valence-corrected chi connectivity index (χ2v) is 2.37. The standard InChI is InChI=1S/C3F7S/c4-1(5)11-3(9,10)2(6,7)8. The van der Waals surface area contributed by atoms with E-state index in [-0.39, 0.29) is 0 Å². The Morgan fingerprint density at radius 3 is 1.36 bits per heavy atom. The van der Waals surface area contributed by atoms with Gasteiger partial charge in [0.2, 0.25) is 0 Å². The summed E-state index contributed by atoms with van der Waals surface area (Å²) < 4.78 is 78.2. The maximum absolute atomic E-state index is 11.5. The van der Waals surface area contributed by atoms with E-state index < -0.39 is 29.0 Å². The molecular formula is C3F7S. The third-order valence-corrected chi connectivity index (χ3v) is 1.18. The highest BCUT2D eigenvalue weighted by Crippen LogP contribution is 2.48. The van der Waals surface area contributed by atoms with E-state index in [0.717, 1.165) is 0 Å². The predicted molar refractivity (Wildman–Crippen MR) is 24.1 cm³/mol. The number of thioether (sulfide) groups is 1. The first-order valence-corrected chi connectivity index (χ1v) is 2.80. The van der Waals surface area contributed by atoms with Gasteiger partial charge in [0.15, 0.2) is 0 Å². The van der Waals surface area contributed by atoms with Crippen LogP contribution in [0.2, 0.25) is 0 Å². The normalized spacial score (nSPS) is 14.2. The van der Waals surface area contributed by atoms with E-state index in [1.807, 2.05) is 0 Å². The van der Waals surface area contributed by atoms with Crippen molar-refractivity contribution in [2.45, 2.75) is 11.4 Å². The number of halogens is 7. The molecule has 0 aromatic carbocycles. The second kappa shape index (κ2) is 3.08. The van der Waals surface area contributed by atoms with Crippen LogP contribution >= 0.6 is 11.8 Å². The molecule has 0 heterocycles. The first-order chi connectivity index (χ1) is 4.67. The SMILES string of the molecule is F[C](F)SC(F)(F)C(F)(F)F. The zero-order chi connectivity index (χ0) is 9.28. The predicted octanol–water partition coefficient (Wildman–Crippen LogP) is 3.26. The van der Waals surface area contributed by atoms with E-state index in [9.17, 15) is 30.7 Å². The van der Waals surface area contributed by atoms with Crippen LogP contribution in [0.15, 0.2) is 0 Å². The van der Waals surface area contributed by atoms with E-state index in [1.54, 1.807) is 0 Å². The molecule has 0 aliphatic heterocycles. The van der Waals surface area contributed by atoms with Crippen molar-refractivity contribution in [1.82, 2.24) is 0 Å². The minimum absolute atomic E-state index is 1.81. The fraction of sp³-hybridized carbons (Fsp3) is 0.667. The molecule has 0 unspecified atom stereocenters. The Morgan fingerprint density at radius 1 is 0.909 bits per heavy atom. The van der Waals surface area contributed by atoms with Gasteiger partial charge in [-0.05, 0) is 0 Å². The van der Waals surface area contributed by atoms with Crippen molar-refractivity contribution in [2.24, 2.45) is 0 Å². The highest BCUT2D eigenvalue weighted by molar-refractivity contribution is 8.02. The molecule has 1 radical (unpaired) electrons. The monoisotopic (exact) mass is 201 g/mol. The number of hydrogen-bond donors (Lipinski definition) is 0. The molecule has 0 saturated carbocycles. The van der Waals surface area contributed by atoms with Crippen molar-refractivity contribution in [1.29, 1.82) is 0 Å². The minimum Gasteiger partial charge on any atom is -0.186 e. The van der Waals surface area contributed by atoms with E-state index in [4.69, 9.17) is 0 Å². The smallest absolute Gasteiger partial charge is 0.186 e. The molecule has 0 aromatic heterocycles. The van der Waals surface area contributed by atoms with Gasteiger partial charge in [-0.2, -0.15) is 30.7 Å². The summed E-state index contributed by atoms with van der Waals surface area (Å²) in [4.78, 5) is 0. The lowest BCUT2D eigenvalue weighted by Gasteiger charge is -2.16. The van der Waals surface area contributed by atoms with Crippen LogP contribution in [0, 0.1) is 5.76 Å². The van der Waals surface area contributed by atoms with Crippen molar-refractivity contribution in [3.05, 3.63) is 5.76 Å². The van der Waals surface area contributed by atoms with Gasteiger partial charge in [-0.1, -0.05) is 0 Å². The van der Waals surface area contributed by atoms with Gasteiger partial charge >= 0.3 is 17.2 Å². The van der Waals surface area contributed by atoms with Crippen molar-refractivity contribution in [3.63, 3.8) is 0 Å². The van der Waals surface area contributed by atoms with Crippen molar-refractivity contribution in [3.8, 4) is 0 Å². The van der Waals surface area contributed by atoms with Gasteiger partial charge in [0, 0.05) is 11.8 Å². The van der Waals surface area contributed by atoms with E-state index >= 15 is 0 Å². The Balaban J connectivity index is 4.22. The Kier molecular flexibility index (Phi) is 3.04. The summed E-state index contributed by atoms with van der Waals surface area (Å²) in [7, 11) is 0. The largest absolute Gasteiger partial charge is 0.464 e. The highest BCUT2D eigenvalue weighted by atomic mass is 32.2. The van der Waals surface area contributed by atoms with E-state index in [0.29, 0.717) is 0 Å². The van der Waals surface area contributed by atoms with E-state index in [1.165, 1.54) is 0 Å². The average molecular weight is 201 g/mol. The van der Waals surface area contributed by atoms with Crippen LogP contribution in [0.25, 0.3) is 0 Å². The summed E-state index contributed by atoms with van der Waals surface area (Å²) in [5, 5.41) is -5.41. The summed E-state index contributed by atoms with van der Waals surface area (Å²) in [6.07, 6.45) is -5.94. The molecule has 0 saturated heterocycles. The summed E-state index contributed by atoms with van der Waals surface area (Å²) in [5.74, 6) is -3.02. The molecule has 0 aliphatic rings. The summed E-state index contributed by atoms with van der Waals surface area (Å²) in [6, 6.07) is 0. The minimum atomic E-state index is -5.94. The third kappa shape index (κ3) is 3.17. The maximum Gasteiger partial charge on any atom is 0.464 e.